The molecule has 4 N–H and O–H groups in total. The van der Waals surface area contributed by atoms with Gasteiger partial charge in [-0.2, -0.15) is 11.8 Å². The number of aliphatic imine (C=N–C) groups is 1. The SMILES string of the molecule is NC(N)=NCC1CCCS1. The Morgan fingerprint density at radius 2 is 2.40 bits per heavy atom. The van der Waals surface area contributed by atoms with Gasteiger partial charge in [0.25, 0.3) is 0 Å². The molecule has 1 fully saturated rings. The standard InChI is InChI=1S/C6H13N3S/c7-6(8)9-4-5-2-1-3-10-5/h5H,1-4H2,(H4,7,8,9). The van der Waals surface area contributed by atoms with E-state index in [9.17, 15) is 0 Å². The van der Waals surface area contributed by atoms with Crippen LogP contribution in [0, 0.1) is 0 Å². The van der Waals surface area contributed by atoms with Gasteiger partial charge in [0.2, 0.25) is 0 Å². The number of thioether (sulfide) groups is 1. The normalized spacial score (nSPS) is 24.6. The molecule has 0 aromatic carbocycles. The molecule has 1 aliphatic rings. The van der Waals surface area contributed by atoms with Gasteiger partial charge >= 0.3 is 0 Å². The fourth-order valence-electron chi connectivity index (χ4n) is 0.996. The Kier molecular flexibility index (Phi) is 2.86. The summed E-state index contributed by atoms with van der Waals surface area (Å²) in [4.78, 5) is 3.96. The zero-order valence-corrected chi connectivity index (χ0v) is 6.73. The molecule has 0 spiro atoms. The van der Waals surface area contributed by atoms with E-state index in [4.69, 9.17) is 11.5 Å². The molecule has 1 heterocycles. The lowest BCUT2D eigenvalue weighted by Crippen LogP contribution is -2.24. The van der Waals surface area contributed by atoms with E-state index in [1.165, 1.54) is 18.6 Å². The van der Waals surface area contributed by atoms with E-state index in [1.54, 1.807) is 0 Å². The van der Waals surface area contributed by atoms with E-state index in [-0.39, 0.29) is 5.96 Å². The highest BCUT2D eigenvalue weighted by molar-refractivity contribution is 8.00. The summed E-state index contributed by atoms with van der Waals surface area (Å²) in [5.41, 5.74) is 10.4. The van der Waals surface area contributed by atoms with Crippen molar-refractivity contribution in [3.05, 3.63) is 0 Å². The molecular weight excluding hydrogens is 146 g/mol. The van der Waals surface area contributed by atoms with E-state index >= 15 is 0 Å². The summed E-state index contributed by atoms with van der Waals surface area (Å²) < 4.78 is 0. The van der Waals surface area contributed by atoms with Crippen molar-refractivity contribution >= 4 is 17.7 Å². The Morgan fingerprint density at radius 3 is 2.90 bits per heavy atom. The number of nitrogens with two attached hydrogens (primary N) is 2. The minimum Gasteiger partial charge on any atom is -0.370 e. The quantitative estimate of drug-likeness (QED) is 0.445. The molecule has 0 aromatic rings. The third-order valence-electron chi connectivity index (χ3n) is 1.50. The van der Waals surface area contributed by atoms with Gasteiger partial charge in [0.1, 0.15) is 0 Å². The van der Waals surface area contributed by atoms with Gasteiger partial charge in [0.05, 0.1) is 6.54 Å². The van der Waals surface area contributed by atoms with Gasteiger partial charge in [0, 0.05) is 5.25 Å². The summed E-state index contributed by atoms with van der Waals surface area (Å²) in [6.45, 7) is 0.799. The van der Waals surface area contributed by atoms with Gasteiger partial charge in [-0.25, -0.2) is 0 Å². The summed E-state index contributed by atoms with van der Waals surface area (Å²) in [7, 11) is 0. The number of hydrogen-bond donors (Lipinski definition) is 2. The number of rotatable bonds is 2. The first-order valence-corrected chi connectivity index (χ1v) is 4.51. The lowest BCUT2D eigenvalue weighted by Gasteiger charge is -2.02. The van der Waals surface area contributed by atoms with Crippen LogP contribution in [-0.2, 0) is 0 Å². The average molecular weight is 159 g/mol. The number of nitrogens with zero attached hydrogens (tertiary/aromatic N) is 1. The fraction of sp³-hybridized carbons (Fsp3) is 0.833. The largest absolute Gasteiger partial charge is 0.370 e. The second-order valence-electron chi connectivity index (χ2n) is 2.40. The molecule has 0 aliphatic carbocycles. The molecule has 10 heavy (non-hydrogen) atoms. The van der Waals surface area contributed by atoms with E-state index in [2.05, 4.69) is 4.99 Å². The van der Waals surface area contributed by atoms with Crippen molar-refractivity contribution in [3.8, 4) is 0 Å². The highest BCUT2D eigenvalue weighted by Crippen LogP contribution is 2.25. The Hall–Kier alpha value is -0.380. The minimum atomic E-state index is 0.215. The van der Waals surface area contributed by atoms with E-state index in [0.29, 0.717) is 5.25 Å². The number of guanidine groups is 1. The van der Waals surface area contributed by atoms with Gasteiger partial charge in [-0.1, -0.05) is 0 Å². The van der Waals surface area contributed by atoms with Crippen molar-refractivity contribution in [2.45, 2.75) is 18.1 Å². The summed E-state index contributed by atoms with van der Waals surface area (Å²) in [5.74, 6) is 1.48. The first-order chi connectivity index (χ1) is 4.79. The molecule has 4 heteroatoms. The maximum Gasteiger partial charge on any atom is 0.185 e. The van der Waals surface area contributed by atoms with Gasteiger partial charge in [-0.05, 0) is 18.6 Å². The Balaban J connectivity index is 2.18. The Labute approximate surface area is 65.3 Å². The summed E-state index contributed by atoms with van der Waals surface area (Å²) in [5, 5.41) is 0.669. The maximum atomic E-state index is 5.19. The van der Waals surface area contributed by atoms with Crippen LogP contribution in [-0.4, -0.2) is 23.5 Å². The van der Waals surface area contributed by atoms with Crippen molar-refractivity contribution in [1.82, 2.24) is 0 Å². The lowest BCUT2D eigenvalue weighted by molar-refractivity contribution is 0.786. The molecule has 0 amide bonds. The molecule has 58 valence electrons. The van der Waals surface area contributed by atoms with Crippen LogP contribution in [0.4, 0.5) is 0 Å². The third-order valence-corrected chi connectivity index (χ3v) is 2.88. The van der Waals surface area contributed by atoms with Crippen LogP contribution in [0.25, 0.3) is 0 Å². The minimum absolute atomic E-state index is 0.215. The van der Waals surface area contributed by atoms with Crippen LogP contribution in [0.1, 0.15) is 12.8 Å². The summed E-state index contributed by atoms with van der Waals surface area (Å²) in [6.07, 6.45) is 2.58. The van der Waals surface area contributed by atoms with Crippen molar-refractivity contribution in [2.75, 3.05) is 12.3 Å². The van der Waals surface area contributed by atoms with Crippen LogP contribution in [0.15, 0.2) is 4.99 Å². The lowest BCUT2D eigenvalue weighted by atomic mass is 10.2. The van der Waals surface area contributed by atoms with Crippen LogP contribution >= 0.6 is 11.8 Å². The van der Waals surface area contributed by atoms with E-state index in [0.717, 1.165) is 6.54 Å². The molecule has 1 rings (SSSR count). The van der Waals surface area contributed by atoms with Crippen molar-refractivity contribution < 1.29 is 0 Å². The first kappa shape index (κ1) is 7.72. The molecule has 0 aromatic heterocycles. The topological polar surface area (TPSA) is 64.4 Å². The van der Waals surface area contributed by atoms with Gasteiger partial charge in [-0.3, -0.25) is 4.99 Å². The monoisotopic (exact) mass is 159 g/mol. The van der Waals surface area contributed by atoms with Crippen molar-refractivity contribution in [2.24, 2.45) is 16.5 Å². The highest BCUT2D eigenvalue weighted by Gasteiger charge is 2.14. The van der Waals surface area contributed by atoms with Crippen LogP contribution in [0.3, 0.4) is 0 Å². The predicted molar refractivity (Wildman–Crippen MR) is 46.2 cm³/mol. The van der Waals surface area contributed by atoms with E-state index in [1.807, 2.05) is 11.8 Å². The maximum absolute atomic E-state index is 5.19. The van der Waals surface area contributed by atoms with Crippen molar-refractivity contribution in [3.63, 3.8) is 0 Å². The second kappa shape index (κ2) is 3.71. The molecule has 1 saturated heterocycles. The predicted octanol–water partition coefficient (Wildman–Crippen LogP) is 0.155. The van der Waals surface area contributed by atoms with Gasteiger partial charge in [0.15, 0.2) is 5.96 Å². The summed E-state index contributed by atoms with van der Waals surface area (Å²) in [6, 6.07) is 0. The van der Waals surface area contributed by atoms with Gasteiger partial charge < -0.3 is 11.5 Å². The van der Waals surface area contributed by atoms with E-state index < -0.39 is 0 Å². The molecule has 1 aliphatic heterocycles. The molecule has 0 radical (unpaired) electrons. The zero-order valence-electron chi connectivity index (χ0n) is 5.92. The molecule has 3 nitrogen and oxygen atoms in total. The summed E-state index contributed by atoms with van der Waals surface area (Å²) >= 11 is 1.97. The molecule has 0 saturated carbocycles. The van der Waals surface area contributed by atoms with Gasteiger partial charge in [-0.15, -0.1) is 0 Å². The third kappa shape index (κ3) is 2.47. The van der Waals surface area contributed by atoms with Crippen LogP contribution < -0.4 is 11.5 Å². The first-order valence-electron chi connectivity index (χ1n) is 3.46. The average Bonchev–Trinajstić information content (AvgIpc) is 2.34. The molecular formula is C6H13N3S. The highest BCUT2D eigenvalue weighted by atomic mass is 32.2. The second-order valence-corrected chi connectivity index (χ2v) is 3.81. The Bertz CT molecular complexity index is 125. The molecule has 0 bridgehead atoms. The van der Waals surface area contributed by atoms with Crippen molar-refractivity contribution in [1.29, 1.82) is 0 Å². The smallest absolute Gasteiger partial charge is 0.185 e. The fourth-order valence-corrected chi connectivity index (χ4v) is 2.18. The van der Waals surface area contributed by atoms with Crippen LogP contribution in [0.5, 0.6) is 0 Å². The molecule has 1 atom stereocenters. The Morgan fingerprint density at radius 1 is 1.60 bits per heavy atom. The van der Waals surface area contributed by atoms with Crippen LogP contribution in [0.2, 0.25) is 0 Å². The molecule has 1 unspecified atom stereocenters. The zero-order chi connectivity index (χ0) is 7.40. The number of hydrogen-bond acceptors (Lipinski definition) is 2.